The highest BCUT2D eigenvalue weighted by Gasteiger charge is 2.33. The summed E-state index contributed by atoms with van der Waals surface area (Å²) >= 11 is 1.35. The van der Waals surface area contributed by atoms with Gasteiger partial charge < -0.3 is 10.4 Å². The molecule has 0 saturated heterocycles. The molecule has 0 aliphatic heterocycles. The lowest BCUT2D eigenvalue weighted by Gasteiger charge is -2.20. The Balaban J connectivity index is 1.86. The highest BCUT2D eigenvalue weighted by molar-refractivity contribution is 7.11. The Morgan fingerprint density at radius 2 is 2.09 bits per heavy atom. The predicted octanol–water partition coefficient (Wildman–Crippen LogP) is 2.83. The molecule has 1 aliphatic carbocycles. The number of carbonyl (C=O) groups excluding carboxylic acids is 1. The largest absolute Gasteiger partial charge is 0.390 e. The van der Waals surface area contributed by atoms with E-state index in [0.717, 1.165) is 16.8 Å². The SMILES string of the molecule is CC(C)(C)c1ncsc1C(=O)NC1c2ccccc2CC1O. The van der Waals surface area contributed by atoms with Crippen LogP contribution in [0, 0.1) is 0 Å². The Hall–Kier alpha value is -1.72. The fourth-order valence-electron chi connectivity index (χ4n) is 2.90. The van der Waals surface area contributed by atoms with Gasteiger partial charge in [0.05, 0.1) is 23.4 Å². The molecular weight excluding hydrogens is 296 g/mol. The summed E-state index contributed by atoms with van der Waals surface area (Å²) in [5.74, 6) is -0.159. The van der Waals surface area contributed by atoms with Crippen LogP contribution in [-0.2, 0) is 11.8 Å². The first-order valence-electron chi connectivity index (χ1n) is 7.38. The molecule has 2 unspecified atom stereocenters. The van der Waals surface area contributed by atoms with Crippen LogP contribution >= 0.6 is 11.3 Å². The molecule has 1 amide bonds. The molecule has 4 nitrogen and oxygen atoms in total. The molecule has 2 atom stereocenters. The average Bonchev–Trinajstić information content (AvgIpc) is 3.04. The summed E-state index contributed by atoms with van der Waals surface area (Å²) in [6, 6.07) is 7.50. The maximum atomic E-state index is 12.6. The Kier molecular flexibility index (Phi) is 3.78. The van der Waals surface area contributed by atoms with Gasteiger partial charge in [0.1, 0.15) is 4.88 Å². The number of amides is 1. The predicted molar refractivity (Wildman–Crippen MR) is 87.2 cm³/mol. The van der Waals surface area contributed by atoms with Crippen LogP contribution in [0.5, 0.6) is 0 Å². The second-order valence-corrected chi connectivity index (χ2v) is 7.56. The minimum atomic E-state index is -0.577. The lowest BCUT2D eigenvalue weighted by Crippen LogP contribution is -2.34. The molecule has 0 fully saturated rings. The van der Waals surface area contributed by atoms with Crippen molar-refractivity contribution in [3.63, 3.8) is 0 Å². The van der Waals surface area contributed by atoms with E-state index in [1.165, 1.54) is 11.3 Å². The van der Waals surface area contributed by atoms with E-state index in [4.69, 9.17) is 0 Å². The van der Waals surface area contributed by atoms with Gasteiger partial charge in [-0.3, -0.25) is 4.79 Å². The van der Waals surface area contributed by atoms with Crippen molar-refractivity contribution in [2.45, 2.75) is 44.8 Å². The van der Waals surface area contributed by atoms with E-state index >= 15 is 0 Å². The van der Waals surface area contributed by atoms with Crippen LogP contribution in [0.1, 0.15) is 53.3 Å². The standard InChI is InChI=1S/C17H20N2O2S/c1-17(2,3)15-14(22-9-18-15)16(21)19-13-11-7-5-4-6-10(11)8-12(13)20/h4-7,9,12-13,20H,8H2,1-3H3,(H,19,21). The highest BCUT2D eigenvalue weighted by atomic mass is 32.1. The molecule has 116 valence electrons. The smallest absolute Gasteiger partial charge is 0.263 e. The number of hydrogen-bond acceptors (Lipinski definition) is 4. The van der Waals surface area contributed by atoms with Gasteiger partial charge in [-0.15, -0.1) is 11.3 Å². The van der Waals surface area contributed by atoms with Gasteiger partial charge in [-0.05, 0) is 11.1 Å². The monoisotopic (exact) mass is 316 g/mol. The molecule has 0 bridgehead atoms. The first-order valence-corrected chi connectivity index (χ1v) is 8.26. The van der Waals surface area contributed by atoms with Gasteiger partial charge in [0.15, 0.2) is 0 Å². The number of carbonyl (C=O) groups is 1. The first kappa shape index (κ1) is 15.2. The second kappa shape index (κ2) is 5.48. The van der Waals surface area contributed by atoms with E-state index in [2.05, 4.69) is 10.3 Å². The Morgan fingerprint density at radius 3 is 2.82 bits per heavy atom. The minimum absolute atomic E-state index is 0.159. The van der Waals surface area contributed by atoms with Crippen LogP contribution < -0.4 is 5.32 Å². The van der Waals surface area contributed by atoms with Gasteiger partial charge in [-0.25, -0.2) is 4.98 Å². The maximum Gasteiger partial charge on any atom is 0.263 e. The minimum Gasteiger partial charge on any atom is -0.390 e. The zero-order chi connectivity index (χ0) is 15.9. The number of aliphatic hydroxyl groups is 1. The summed E-state index contributed by atoms with van der Waals surface area (Å²) in [7, 11) is 0. The summed E-state index contributed by atoms with van der Waals surface area (Å²) < 4.78 is 0. The molecule has 1 aromatic carbocycles. The first-order chi connectivity index (χ1) is 10.4. The van der Waals surface area contributed by atoms with Crippen molar-refractivity contribution in [1.29, 1.82) is 0 Å². The molecule has 1 aliphatic rings. The van der Waals surface area contributed by atoms with Crippen LogP contribution in [-0.4, -0.2) is 22.1 Å². The number of aromatic nitrogens is 1. The van der Waals surface area contributed by atoms with Crippen molar-refractivity contribution in [3.8, 4) is 0 Å². The van der Waals surface area contributed by atoms with E-state index in [0.29, 0.717) is 11.3 Å². The normalized spacial score (nSPS) is 20.7. The number of thiazole rings is 1. The van der Waals surface area contributed by atoms with Crippen molar-refractivity contribution < 1.29 is 9.90 Å². The molecule has 3 rings (SSSR count). The summed E-state index contributed by atoms with van der Waals surface area (Å²) in [5, 5.41) is 13.2. The molecule has 1 heterocycles. The van der Waals surface area contributed by atoms with Crippen molar-refractivity contribution in [2.75, 3.05) is 0 Å². The molecule has 0 saturated carbocycles. The third kappa shape index (κ3) is 2.66. The molecule has 2 aromatic rings. The fourth-order valence-corrected chi connectivity index (χ4v) is 3.80. The molecule has 0 radical (unpaired) electrons. The molecule has 5 heteroatoms. The third-order valence-electron chi connectivity index (χ3n) is 3.97. The summed E-state index contributed by atoms with van der Waals surface area (Å²) in [4.78, 5) is 17.6. The Labute approximate surface area is 134 Å². The summed E-state index contributed by atoms with van der Waals surface area (Å²) in [6.45, 7) is 6.12. The van der Waals surface area contributed by atoms with E-state index in [1.807, 2.05) is 45.0 Å². The second-order valence-electron chi connectivity index (χ2n) is 6.70. The average molecular weight is 316 g/mol. The van der Waals surface area contributed by atoms with Gasteiger partial charge in [-0.2, -0.15) is 0 Å². The van der Waals surface area contributed by atoms with Gasteiger partial charge in [0.25, 0.3) is 5.91 Å². The maximum absolute atomic E-state index is 12.6. The quantitative estimate of drug-likeness (QED) is 0.895. The van der Waals surface area contributed by atoms with Crippen LogP contribution in [0.3, 0.4) is 0 Å². The van der Waals surface area contributed by atoms with E-state index in [-0.39, 0.29) is 17.4 Å². The lowest BCUT2D eigenvalue weighted by atomic mass is 9.91. The highest BCUT2D eigenvalue weighted by Crippen LogP contribution is 2.33. The summed E-state index contributed by atoms with van der Waals surface area (Å²) in [5.41, 5.74) is 4.43. The Morgan fingerprint density at radius 1 is 1.36 bits per heavy atom. The van der Waals surface area contributed by atoms with E-state index in [1.54, 1.807) is 5.51 Å². The molecule has 0 spiro atoms. The van der Waals surface area contributed by atoms with Gasteiger partial charge in [0, 0.05) is 11.8 Å². The van der Waals surface area contributed by atoms with Gasteiger partial charge in [0.2, 0.25) is 0 Å². The van der Waals surface area contributed by atoms with Crippen molar-refractivity contribution in [2.24, 2.45) is 0 Å². The van der Waals surface area contributed by atoms with Gasteiger partial charge >= 0.3 is 0 Å². The number of nitrogens with one attached hydrogen (secondary N) is 1. The molecular formula is C17H20N2O2S. The molecule has 1 aromatic heterocycles. The number of benzene rings is 1. The van der Waals surface area contributed by atoms with E-state index < -0.39 is 6.10 Å². The van der Waals surface area contributed by atoms with Crippen molar-refractivity contribution in [1.82, 2.24) is 10.3 Å². The third-order valence-corrected chi connectivity index (χ3v) is 4.80. The zero-order valence-electron chi connectivity index (χ0n) is 13.0. The van der Waals surface area contributed by atoms with Crippen LogP contribution in [0.2, 0.25) is 0 Å². The summed E-state index contributed by atoms with van der Waals surface area (Å²) in [6.07, 6.45) is 0.00278. The number of fused-ring (bicyclic) bond motifs is 1. The van der Waals surface area contributed by atoms with Crippen molar-refractivity contribution in [3.05, 3.63) is 51.5 Å². The van der Waals surface area contributed by atoms with Crippen LogP contribution in [0.4, 0.5) is 0 Å². The lowest BCUT2D eigenvalue weighted by molar-refractivity contribution is 0.0860. The molecule has 2 N–H and O–H groups in total. The molecule has 22 heavy (non-hydrogen) atoms. The van der Waals surface area contributed by atoms with Crippen LogP contribution in [0.25, 0.3) is 0 Å². The number of nitrogens with zero attached hydrogens (tertiary/aromatic N) is 1. The fraction of sp³-hybridized carbons (Fsp3) is 0.412. The van der Waals surface area contributed by atoms with E-state index in [9.17, 15) is 9.90 Å². The van der Waals surface area contributed by atoms with Crippen molar-refractivity contribution >= 4 is 17.2 Å². The zero-order valence-corrected chi connectivity index (χ0v) is 13.8. The Bertz CT molecular complexity index is 703. The van der Waals surface area contributed by atoms with Crippen LogP contribution in [0.15, 0.2) is 29.8 Å². The topological polar surface area (TPSA) is 62.2 Å². The number of hydrogen-bond donors (Lipinski definition) is 2. The van der Waals surface area contributed by atoms with Gasteiger partial charge in [-0.1, -0.05) is 45.0 Å². The number of rotatable bonds is 2. The number of aliphatic hydroxyl groups excluding tert-OH is 1.